The lowest BCUT2D eigenvalue weighted by molar-refractivity contribution is -0.120. The quantitative estimate of drug-likeness (QED) is 0.851. The van der Waals surface area contributed by atoms with Crippen LogP contribution in [0.15, 0.2) is 24.3 Å². The van der Waals surface area contributed by atoms with E-state index < -0.39 is 0 Å². The van der Waals surface area contributed by atoms with Gasteiger partial charge in [0.05, 0.1) is 12.8 Å². The molecule has 0 aliphatic heterocycles. The molecule has 0 spiro atoms. The summed E-state index contributed by atoms with van der Waals surface area (Å²) in [6, 6.07) is 3.57. The molecule has 0 fully saturated rings. The lowest BCUT2D eigenvalue weighted by Gasteiger charge is -2.19. The Morgan fingerprint density at radius 1 is 1.42 bits per heavy atom. The maximum absolute atomic E-state index is 12.2. The maximum atomic E-state index is 12.2. The van der Waals surface area contributed by atoms with Crippen molar-refractivity contribution in [2.45, 2.75) is 26.2 Å². The topological polar surface area (TPSA) is 38.3 Å². The number of carbonyl (C=O) groups excluding carboxylic acids is 1. The second-order valence-corrected chi connectivity index (χ2v) is 5.18. The number of hydrogen-bond acceptors (Lipinski definition) is 2. The van der Waals surface area contributed by atoms with Crippen molar-refractivity contribution in [3.8, 4) is 5.75 Å². The smallest absolute Gasteiger partial charge is 0.227 e. The number of benzene rings is 1. The number of nitrogens with one attached hydrogen (secondary N) is 1. The molecule has 1 aliphatic rings. The van der Waals surface area contributed by atoms with Gasteiger partial charge in [0.15, 0.2) is 0 Å². The number of amides is 1. The minimum absolute atomic E-state index is 0.0457. The molecule has 0 aromatic heterocycles. The standard InChI is InChI=1S/C15H18ClNO2/c1-10-8-13(14(19-2)9-12(10)16)17-15(18)11-6-4-3-5-7-11/h3-4,8-9,11H,5-7H2,1-2H3,(H,17,18). The van der Waals surface area contributed by atoms with Gasteiger partial charge in [0.2, 0.25) is 5.91 Å². The van der Waals surface area contributed by atoms with Crippen LogP contribution in [0.25, 0.3) is 0 Å². The number of allylic oxidation sites excluding steroid dienone is 2. The predicted octanol–water partition coefficient (Wildman–Crippen LogP) is 3.95. The van der Waals surface area contributed by atoms with Gasteiger partial charge in [0.1, 0.15) is 5.75 Å². The first-order valence-electron chi connectivity index (χ1n) is 6.42. The number of rotatable bonds is 3. The summed E-state index contributed by atoms with van der Waals surface area (Å²) in [6.07, 6.45) is 6.86. The van der Waals surface area contributed by atoms with Crippen molar-refractivity contribution in [2.75, 3.05) is 12.4 Å². The molecular weight excluding hydrogens is 262 g/mol. The number of halogens is 1. The highest BCUT2D eigenvalue weighted by molar-refractivity contribution is 6.31. The Kier molecular flexibility index (Phi) is 4.48. The third-order valence-corrected chi connectivity index (χ3v) is 3.79. The molecule has 1 unspecified atom stereocenters. The molecule has 3 nitrogen and oxygen atoms in total. The molecule has 2 rings (SSSR count). The zero-order valence-electron chi connectivity index (χ0n) is 11.2. The van der Waals surface area contributed by atoms with Crippen molar-refractivity contribution in [3.63, 3.8) is 0 Å². The molecule has 0 bridgehead atoms. The van der Waals surface area contributed by atoms with E-state index in [2.05, 4.69) is 17.5 Å². The number of anilines is 1. The zero-order valence-corrected chi connectivity index (χ0v) is 12.0. The molecular formula is C15H18ClNO2. The number of methoxy groups -OCH3 is 1. The third kappa shape index (κ3) is 3.29. The van der Waals surface area contributed by atoms with Gasteiger partial charge in [0.25, 0.3) is 0 Å². The van der Waals surface area contributed by atoms with Crippen LogP contribution in [0.2, 0.25) is 5.02 Å². The first-order valence-corrected chi connectivity index (χ1v) is 6.79. The van der Waals surface area contributed by atoms with Gasteiger partial charge in [-0.3, -0.25) is 4.79 Å². The van der Waals surface area contributed by atoms with Crippen molar-refractivity contribution in [1.29, 1.82) is 0 Å². The largest absolute Gasteiger partial charge is 0.495 e. The Labute approximate surface area is 118 Å². The van der Waals surface area contributed by atoms with Gasteiger partial charge < -0.3 is 10.1 Å². The van der Waals surface area contributed by atoms with Crippen molar-refractivity contribution >= 4 is 23.2 Å². The van der Waals surface area contributed by atoms with Gasteiger partial charge in [-0.1, -0.05) is 23.8 Å². The number of carbonyl (C=O) groups is 1. The fraction of sp³-hybridized carbons (Fsp3) is 0.400. The highest BCUT2D eigenvalue weighted by atomic mass is 35.5. The molecule has 0 heterocycles. The summed E-state index contributed by atoms with van der Waals surface area (Å²) in [5.41, 5.74) is 1.60. The highest BCUT2D eigenvalue weighted by Crippen LogP contribution is 2.32. The molecule has 19 heavy (non-hydrogen) atoms. The molecule has 1 N–H and O–H groups in total. The van der Waals surface area contributed by atoms with Crippen molar-refractivity contribution in [1.82, 2.24) is 0 Å². The van der Waals surface area contributed by atoms with Crippen LogP contribution in [-0.2, 0) is 4.79 Å². The Bertz CT molecular complexity index is 511. The van der Waals surface area contributed by atoms with Crippen LogP contribution in [0.1, 0.15) is 24.8 Å². The molecule has 1 aromatic rings. The fourth-order valence-electron chi connectivity index (χ4n) is 2.20. The van der Waals surface area contributed by atoms with Gasteiger partial charge in [-0.05, 0) is 37.8 Å². The molecule has 0 saturated heterocycles. The summed E-state index contributed by atoms with van der Waals surface area (Å²) in [5.74, 6) is 0.686. The summed E-state index contributed by atoms with van der Waals surface area (Å²) < 4.78 is 5.26. The lowest BCUT2D eigenvalue weighted by atomic mass is 9.93. The summed E-state index contributed by atoms with van der Waals surface area (Å²) in [5, 5.41) is 3.58. The van der Waals surface area contributed by atoms with Crippen LogP contribution in [0.4, 0.5) is 5.69 Å². The second-order valence-electron chi connectivity index (χ2n) is 4.77. The summed E-state index contributed by atoms with van der Waals surface area (Å²) in [7, 11) is 1.57. The molecule has 4 heteroatoms. The van der Waals surface area contributed by atoms with Gasteiger partial charge >= 0.3 is 0 Å². The van der Waals surface area contributed by atoms with E-state index in [1.165, 1.54) is 0 Å². The minimum atomic E-state index is 0.0457. The molecule has 1 aromatic carbocycles. The van der Waals surface area contributed by atoms with Gasteiger partial charge in [-0.25, -0.2) is 0 Å². The minimum Gasteiger partial charge on any atom is -0.495 e. The molecule has 0 saturated carbocycles. The first-order chi connectivity index (χ1) is 9.11. The molecule has 1 atom stereocenters. The Morgan fingerprint density at radius 2 is 2.21 bits per heavy atom. The van der Waals surface area contributed by atoms with E-state index in [0.29, 0.717) is 16.5 Å². The second kappa shape index (κ2) is 6.11. The average molecular weight is 280 g/mol. The summed E-state index contributed by atoms with van der Waals surface area (Å²) in [6.45, 7) is 1.90. The van der Waals surface area contributed by atoms with Crippen LogP contribution < -0.4 is 10.1 Å². The molecule has 0 radical (unpaired) electrons. The van der Waals surface area contributed by atoms with E-state index >= 15 is 0 Å². The highest BCUT2D eigenvalue weighted by Gasteiger charge is 2.20. The van der Waals surface area contributed by atoms with Crippen LogP contribution in [0.3, 0.4) is 0 Å². The van der Waals surface area contributed by atoms with Crippen molar-refractivity contribution < 1.29 is 9.53 Å². The molecule has 1 amide bonds. The zero-order chi connectivity index (χ0) is 13.8. The number of hydrogen-bond donors (Lipinski definition) is 1. The van der Waals surface area contributed by atoms with E-state index in [4.69, 9.17) is 16.3 Å². The van der Waals surface area contributed by atoms with Crippen LogP contribution in [0, 0.1) is 12.8 Å². The average Bonchev–Trinajstić information content (AvgIpc) is 2.43. The Balaban J connectivity index is 2.16. The van der Waals surface area contributed by atoms with Gasteiger partial charge in [-0.15, -0.1) is 0 Å². The Morgan fingerprint density at radius 3 is 2.84 bits per heavy atom. The van der Waals surface area contributed by atoms with E-state index in [1.54, 1.807) is 13.2 Å². The lowest BCUT2D eigenvalue weighted by Crippen LogP contribution is -2.23. The molecule has 1 aliphatic carbocycles. The summed E-state index contributed by atoms with van der Waals surface area (Å²) in [4.78, 5) is 12.2. The molecule has 102 valence electrons. The predicted molar refractivity (Wildman–Crippen MR) is 77.9 cm³/mol. The summed E-state index contributed by atoms with van der Waals surface area (Å²) >= 11 is 6.05. The van der Waals surface area contributed by atoms with Crippen LogP contribution in [-0.4, -0.2) is 13.0 Å². The van der Waals surface area contributed by atoms with E-state index in [1.807, 2.05) is 13.0 Å². The van der Waals surface area contributed by atoms with Gasteiger partial charge in [-0.2, -0.15) is 0 Å². The first kappa shape index (κ1) is 13.9. The fourth-order valence-corrected chi connectivity index (χ4v) is 2.35. The van der Waals surface area contributed by atoms with Crippen molar-refractivity contribution in [2.24, 2.45) is 5.92 Å². The Hall–Kier alpha value is -1.48. The van der Waals surface area contributed by atoms with Crippen LogP contribution in [0.5, 0.6) is 5.75 Å². The maximum Gasteiger partial charge on any atom is 0.227 e. The van der Waals surface area contributed by atoms with E-state index in [-0.39, 0.29) is 11.8 Å². The monoisotopic (exact) mass is 279 g/mol. The number of aryl methyl sites for hydroxylation is 1. The normalized spacial score (nSPS) is 18.2. The van der Waals surface area contributed by atoms with E-state index in [9.17, 15) is 4.79 Å². The third-order valence-electron chi connectivity index (χ3n) is 3.38. The number of ether oxygens (including phenoxy) is 1. The SMILES string of the molecule is COc1cc(Cl)c(C)cc1NC(=O)C1CC=CCC1. The van der Waals surface area contributed by atoms with Crippen LogP contribution >= 0.6 is 11.6 Å². The van der Waals surface area contributed by atoms with E-state index in [0.717, 1.165) is 24.8 Å². The van der Waals surface area contributed by atoms with Crippen molar-refractivity contribution in [3.05, 3.63) is 34.9 Å². The van der Waals surface area contributed by atoms with Gasteiger partial charge in [0, 0.05) is 17.0 Å².